The SMILES string of the molecule is COc1cc(O)cc2c1-c1ccc3c4c1C1(CCC(CC5=C(C#CCc6cc(O)c7c(c6C(O4)C3COC(C)=O)C=CC3NC4CCCC(CSSC(Cc6ccccc6)C3O7)C4)NC(N)C=C5)C1)C2. The Labute approximate surface area is 418 Å². The largest absolute Gasteiger partial charge is 0.508 e. The van der Waals surface area contributed by atoms with Crippen molar-refractivity contribution in [3.63, 3.8) is 0 Å². The Kier molecular flexibility index (Phi) is 12.2. The summed E-state index contributed by atoms with van der Waals surface area (Å²) in [5.41, 5.74) is 17.0. The van der Waals surface area contributed by atoms with Crippen LogP contribution in [-0.4, -0.2) is 65.3 Å². The third kappa shape index (κ3) is 8.34. The Bertz CT molecular complexity index is 2910. The number of ether oxygens (including phenoxy) is 4. The second-order valence-electron chi connectivity index (χ2n) is 20.9. The van der Waals surface area contributed by atoms with E-state index in [2.05, 4.69) is 83.2 Å². The third-order valence-electron chi connectivity index (χ3n) is 16.4. The van der Waals surface area contributed by atoms with Gasteiger partial charge in [-0.15, -0.1) is 0 Å². The fourth-order valence-electron chi connectivity index (χ4n) is 13.3. The van der Waals surface area contributed by atoms with Crippen LogP contribution in [-0.2, 0) is 34.2 Å². The second kappa shape index (κ2) is 18.6. The van der Waals surface area contributed by atoms with Crippen molar-refractivity contribution < 1.29 is 34.0 Å². The molecule has 0 radical (unpaired) electrons. The maximum absolute atomic E-state index is 12.8. The number of phenols is 2. The number of aromatic hydroxyl groups is 2. The minimum Gasteiger partial charge on any atom is -0.508 e. The molecule has 8 aliphatic rings. The number of hydrogen-bond acceptors (Lipinski definition) is 12. The van der Waals surface area contributed by atoms with E-state index in [4.69, 9.17) is 24.7 Å². The van der Waals surface area contributed by atoms with Crippen molar-refractivity contribution >= 4 is 33.6 Å². The van der Waals surface area contributed by atoms with Crippen LogP contribution in [0.5, 0.6) is 28.7 Å². The Balaban J connectivity index is 1.07. The van der Waals surface area contributed by atoms with E-state index in [9.17, 15) is 15.0 Å². The number of carbonyl (C=O) groups excluding carboxylic acids is 1. The molecule has 4 aromatic rings. The number of fused-ring (bicyclic) bond motifs is 11. The van der Waals surface area contributed by atoms with Crippen LogP contribution in [0.1, 0.15) is 109 Å². The van der Waals surface area contributed by atoms with Crippen LogP contribution in [0.15, 0.2) is 90.2 Å². The Morgan fingerprint density at radius 1 is 1.00 bits per heavy atom. The summed E-state index contributed by atoms with van der Waals surface area (Å²) in [4.78, 5) is 12.8. The molecule has 2 saturated carbocycles. The predicted octanol–water partition coefficient (Wildman–Crippen LogP) is 10.1. The number of rotatable bonds is 5. The van der Waals surface area contributed by atoms with Crippen molar-refractivity contribution in [2.45, 2.75) is 125 Å². The molecule has 10 unspecified atom stereocenters. The van der Waals surface area contributed by atoms with Crippen LogP contribution in [0.25, 0.3) is 17.2 Å². The lowest BCUT2D eigenvalue weighted by molar-refractivity contribution is -0.141. The van der Waals surface area contributed by atoms with Crippen molar-refractivity contribution in [3.8, 4) is 51.7 Å². The number of dihydropyridines is 1. The van der Waals surface area contributed by atoms with Gasteiger partial charge in [-0.25, -0.2) is 0 Å². The molecule has 10 atom stereocenters. The van der Waals surface area contributed by atoms with Gasteiger partial charge in [-0.1, -0.05) is 94.6 Å². The highest BCUT2D eigenvalue weighted by molar-refractivity contribution is 8.77. The van der Waals surface area contributed by atoms with Crippen molar-refractivity contribution in [2.75, 3.05) is 19.5 Å². The van der Waals surface area contributed by atoms with E-state index in [0.717, 1.165) is 112 Å². The van der Waals surface area contributed by atoms with Gasteiger partial charge < -0.3 is 45.5 Å². The third-order valence-corrected chi connectivity index (χ3v) is 19.4. The van der Waals surface area contributed by atoms with Gasteiger partial charge in [0.25, 0.3) is 0 Å². The standard InChI is InChI=1S/C58H61N3O7S2/c1-32(62)66-30-44-41-15-16-42-51-38(25-40(63)27-48(51)65-2)29-58-21-20-34(28-58)22-36-14-19-50(59)61-45(36)13-7-11-37-26-47(64)54-43(52(37)55(44)68-56(41)53(42)58)17-18-46-57(67-54)49(24-33-8-4-3-5-9-33)70-69-31-35-10-6-12-39(23-35)60-46/h3-5,8-9,14-19,25-27,34-35,39,44,46,49-50,55,57,60-61,63-64H,6,10-12,20-24,28-31,59H2,1-2H3. The molecule has 1 saturated heterocycles. The van der Waals surface area contributed by atoms with Gasteiger partial charge in [0, 0.05) is 64.4 Å². The topological polar surface area (TPSA) is 145 Å². The minimum atomic E-state index is -0.643. The number of phenolic OH excluding ortho intramolecular Hbond substituents is 2. The number of carbonyl (C=O) groups is 1. The van der Waals surface area contributed by atoms with Gasteiger partial charge in [0.2, 0.25) is 0 Å². The smallest absolute Gasteiger partial charge is 0.302 e. The van der Waals surface area contributed by atoms with Gasteiger partial charge in [-0.3, -0.25) is 4.79 Å². The number of nitrogens with two attached hydrogens (primary N) is 1. The molecule has 362 valence electrons. The molecule has 6 bridgehead atoms. The number of benzene rings is 4. The first kappa shape index (κ1) is 45.7. The molecule has 5 aliphatic heterocycles. The lowest BCUT2D eigenvalue weighted by atomic mass is 9.65. The van der Waals surface area contributed by atoms with E-state index in [-0.39, 0.29) is 53.1 Å². The maximum Gasteiger partial charge on any atom is 0.302 e. The monoisotopic (exact) mass is 975 g/mol. The zero-order valence-corrected chi connectivity index (χ0v) is 41.4. The molecular weight excluding hydrogens is 915 g/mol. The van der Waals surface area contributed by atoms with Crippen molar-refractivity contribution in [2.24, 2.45) is 17.6 Å². The van der Waals surface area contributed by atoms with Gasteiger partial charge >= 0.3 is 5.97 Å². The summed E-state index contributed by atoms with van der Waals surface area (Å²) < 4.78 is 27.2. The highest BCUT2D eigenvalue weighted by Gasteiger charge is 2.51. The number of methoxy groups -OCH3 is 1. The fourth-order valence-corrected chi connectivity index (χ4v) is 16.6. The predicted molar refractivity (Wildman–Crippen MR) is 277 cm³/mol. The lowest BCUT2D eigenvalue weighted by Gasteiger charge is -2.39. The molecule has 3 aliphatic carbocycles. The molecule has 3 fully saturated rings. The van der Waals surface area contributed by atoms with Crippen molar-refractivity contribution in [1.29, 1.82) is 0 Å². The first-order valence-corrected chi connectivity index (χ1v) is 27.6. The summed E-state index contributed by atoms with van der Waals surface area (Å²) >= 11 is 0. The molecule has 1 spiro atoms. The minimum absolute atomic E-state index is 0.0523. The van der Waals surface area contributed by atoms with Gasteiger partial charge in [-0.05, 0) is 122 Å². The normalized spacial score (nSPS) is 30.1. The molecule has 12 heteroatoms. The Hall–Kier alpha value is -5.45. The summed E-state index contributed by atoms with van der Waals surface area (Å²) in [5, 5.41) is 31.2. The van der Waals surface area contributed by atoms with E-state index in [1.165, 1.54) is 25.3 Å². The molecule has 10 nitrogen and oxygen atoms in total. The number of allylic oxidation sites excluding steroid dienone is 3. The number of esters is 1. The van der Waals surface area contributed by atoms with Crippen LogP contribution >= 0.6 is 21.6 Å². The van der Waals surface area contributed by atoms with Crippen molar-refractivity contribution in [3.05, 3.63) is 129 Å². The van der Waals surface area contributed by atoms with Crippen LogP contribution in [0.4, 0.5) is 0 Å². The zero-order valence-electron chi connectivity index (χ0n) is 39.8. The molecule has 70 heavy (non-hydrogen) atoms. The van der Waals surface area contributed by atoms with Crippen molar-refractivity contribution in [1.82, 2.24) is 10.6 Å². The van der Waals surface area contributed by atoms with Gasteiger partial charge in [0.1, 0.15) is 36.1 Å². The second-order valence-corrected chi connectivity index (χ2v) is 23.5. The molecule has 6 N–H and O–H groups in total. The van der Waals surface area contributed by atoms with Gasteiger partial charge in [-0.2, -0.15) is 0 Å². The van der Waals surface area contributed by atoms with E-state index < -0.39 is 12.0 Å². The molecule has 12 rings (SSSR count). The Morgan fingerprint density at radius 3 is 2.74 bits per heavy atom. The highest BCUT2D eigenvalue weighted by Crippen LogP contribution is 2.63. The first-order valence-electron chi connectivity index (χ1n) is 25.2. The molecule has 0 aromatic heterocycles. The number of nitrogens with one attached hydrogen (secondary N) is 2. The molecular formula is C58H61N3O7S2. The van der Waals surface area contributed by atoms with Gasteiger partial charge in [0.15, 0.2) is 11.5 Å². The molecule has 5 heterocycles. The summed E-state index contributed by atoms with van der Waals surface area (Å²) in [7, 11) is 5.54. The zero-order chi connectivity index (χ0) is 47.7. The summed E-state index contributed by atoms with van der Waals surface area (Å²) in [6, 6.07) is 20.7. The first-order chi connectivity index (χ1) is 34.1. The average Bonchev–Trinajstić information content (AvgIpc) is 3.86. The van der Waals surface area contributed by atoms with Crippen LogP contribution in [0, 0.1) is 23.7 Å². The Morgan fingerprint density at radius 2 is 1.89 bits per heavy atom. The highest BCUT2D eigenvalue weighted by atomic mass is 33.1. The van der Waals surface area contributed by atoms with E-state index in [1.807, 2.05) is 39.8 Å². The fraction of sp³-hybridized carbons (Fsp3) is 0.431. The van der Waals surface area contributed by atoms with Crippen LogP contribution in [0.3, 0.4) is 0 Å². The summed E-state index contributed by atoms with van der Waals surface area (Å²) in [5.74, 6) is 10.5. The summed E-state index contributed by atoms with van der Waals surface area (Å²) in [6.07, 6.45) is 17.4. The summed E-state index contributed by atoms with van der Waals surface area (Å²) in [6.45, 7) is 1.55. The van der Waals surface area contributed by atoms with Crippen LogP contribution < -0.4 is 30.6 Å². The van der Waals surface area contributed by atoms with E-state index >= 15 is 0 Å². The molecule has 4 aromatic carbocycles. The average molecular weight is 976 g/mol. The number of hydrogen-bond donors (Lipinski definition) is 5. The maximum atomic E-state index is 12.8. The van der Waals surface area contributed by atoms with Gasteiger partial charge in [0.05, 0.1) is 36.2 Å². The molecule has 0 amide bonds. The van der Waals surface area contributed by atoms with E-state index in [0.29, 0.717) is 42.2 Å². The van der Waals surface area contributed by atoms with E-state index in [1.54, 1.807) is 13.2 Å². The quantitative estimate of drug-likeness (QED) is 0.0738. The van der Waals surface area contributed by atoms with Crippen LogP contribution in [0.2, 0.25) is 0 Å². The lowest BCUT2D eigenvalue weighted by Crippen LogP contribution is -2.52.